The number of halogens is 1. The summed E-state index contributed by atoms with van der Waals surface area (Å²) in [5.74, 6) is 0. The van der Waals surface area contributed by atoms with Crippen LogP contribution < -0.4 is 17.4 Å². The van der Waals surface area contributed by atoms with Gasteiger partial charge in [0.1, 0.15) is 24.4 Å². The smallest absolute Gasteiger partial charge is 0.357 e. The molecule has 0 spiro atoms. The number of hydrogen-bond donors (Lipinski definition) is 7. The zero-order chi connectivity index (χ0) is 16.6. The van der Waals surface area contributed by atoms with E-state index in [0.29, 0.717) is 0 Å². The highest BCUT2D eigenvalue weighted by molar-refractivity contribution is 5.56. The summed E-state index contributed by atoms with van der Waals surface area (Å²) < 4.78 is 12.0. The standard InChI is InChI=1S/C6H12O6.C4H3FN2O2.H3N/c7-1-3(9)5(11)6(12)4(10)2-8;5-7-3(8)1-2-6-4(7)9;/h1,3-6,8-12H,2H2;1-2H,(H,6,9);1H3. The van der Waals surface area contributed by atoms with Crippen LogP contribution in [0.3, 0.4) is 0 Å². The molecule has 1 heterocycles. The van der Waals surface area contributed by atoms with Crippen LogP contribution in [0, 0.1) is 0 Å². The normalized spacial score (nSPS) is 15.4. The second-order valence-electron chi connectivity index (χ2n) is 3.76. The highest BCUT2D eigenvalue weighted by Crippen LogP contribution is 2.02. The Kier molecular flexibility index (Phi) is 10.9. The molecule has 1 aromatic heterocycles. The minimum absolute atomic E-state index is 0. The second-order valence-corrected chi connectivity index (χ2v) is 3.76. The average Bonchev–Trinajstić information content (AvgIpc) is 2.49. The van der Waals surface area contributed by atoms with Gasteiger partial charge in [0.15, 0.2) is 6.29 Å². The third-order valence-electron chi connectivity index (χ3n) is 2.23. The molecule has 12 heteroatoms. The number of aliphatic hydroxyl groups is 5. The molecule has 0 aliphatic rings. The molecule has 0 saturated heterocycles. The van der Waals surface area contributed by atoms with Crippen LogP contribution in [-0.2, 0) is 4.79 Å². The van der Waals surface area contributed by atoms with Gasteiger partial charge in [-0.3, -0.25) is 4.79 Å². The predicted molar refractivity (Wildman–Crippen MR) is 70.0 cm³/mol. The van der Waals surface area contributed by atoms with Crippen molar-refractivity contribution in [2.24, 2.45) is 0 Å². The third kappa shape index (κ3) is 6.66. The van der Waals surface area contributed by atoms with Gasteiger partial charge in [0.25, 0.3) is 5.56 Å². The molecule has 0 radical (unpaired) electrons. The minimum Gasteiger partial charge on any atom is -0.394 e. The molecule has 0 aliphatic carbocycles. The van der Waals surface area contributed by atoms with Gasteiger partial charge in [-0.15, -0.1) is 0 Å². The van der Waals surface area contributed by atoms with Gasteiger partial charge in [-0.1, -0.05) is 9.27 Å². The van der Waals surface area contributed by atoms with E-state index in [1.165, 1.54) is 0 Å². The molecule has 11 nitrogen and oxygen atoms in total. The number of carbonyl (C=O) groups excluding carboxylic acids is 1. The largest absolute Gasteiger partial charge is 0.394 e. The quantitative estimate of drug-likeness (QED) is 0.263. The SMILES string of the molecule is N.O=CC(O)C(O)C(O)C(O)CO.O=c1cc[nH]c(=O)n1F. The molecule has 0 saturated carbocycles. The van der Waals surface area contributed by atoms with Crippen molar-refractivity contribution in [3.63, 3.8) is 0 Å². The lowest BCUT2D eigenvalue weighted by atomic mass is 10.0. The van der Waals surface area contributed by atoms with E-state index in [1.807, 2.05) is 4.98 Å². The van der Waals surface area contributed by atoms with Crippen LogP contribution in [0.2, 0.25) is 0 Å². The fourth-order valence-electron chi connectivity index (χ4n) is 1.02. The molecule has 128 valence electrons. The number of nitrogens with zero attached hydrogens (tertiary/aromatic N) is 1. The Bertz CT molecular complexity index is 519. The fourth-order valence-corrected chi connectivity index (χ4v) is 1.02. The summed E-state index contributed by atoms with van der Waals surface area (Å²) in [6.45, 7) is -0.760. The number of rotatable bonds is 5. The third-order valence-corrected chi connectivity index (χ3v) is 2.23. The van der Waals surface area contributed by atoms with Crippen molar-refractivity contribution in [2.75, 3.05) is 6.61 Å². The highest BCUT2D eigenvalue weighted by atomic mass is 19.2. The first-order chi connectivity index (χ1) is 9.76. The van der Waals surface area contributed by atoms with Crippen LogP contribution in [0.5, 0.6) is 0 Å². The molecule has 0 aliphatic heterocycles. The summed E-state index contributed by atoms with van der Waals surface area (Å²) in [6, 6.07) is 0.918. The molecular weight excluding hydrogens is 309 g/mol. The van der Waals surface area contributed by atoms with Gasteiger partial charge in [-0.25, -0.2) is 4.79 Å². The average molecular weight is 327 g/mol. The number of aromatic amines is 1. The first-order valence-corrected chi connectivity index (χ1v) is 5.51. The van der Waals surface area contributed by atoms with Crippen LogP contribution in [0.15, 0.2) is 21.9 Å². The molecule has 4 atom stereocenters. The van der Waals surface area contributed by atoms with Crippen LogP contribution in [0.1, 0.15) is 0 Å². The van der Waals surface area contributed by atoms with Crippen LogP contribution in [0.25, 0.3) is 0 Å². The number of nitrogens with one attached hydrogen (secondary N) is 1. The van der Waals surface area contributed by atoms with Crippen LogP contribution in [0.4, 0.5) is 4.48 Å². The predicted octanol–water partition coefficient (Wildman–Crippen LogP) is -3.95. The Labute approximate surface area is 122 Å². The van der Waals surface area contributed by atoms with E-state index in [2.05, 4.69) is 0 Å². The first kappa shape index (κ1) is 22.3. The number of carbonyl (C=O) groups is 1. The lowest BCUT2D eigenvalue weighted by Gasteiger charge is -2.22. The molecule has 22 heavy (non-hydrogen) atoms. The maximum absolute atomic E-state index is 12.0. The van der Waals surface area contributed by atoms with Crippen molar-refractivity contribution in [3.8, 4) is 0 Å². The van der Waals surface area contributed by atoms with E-state index in [9.17, 15) is 18.9 Å². The second kappa shape index (κ2) is 10.7. The maximum Gasteiger partial charge on any atom is 0.357 e. The summed E-state index contributed by atoms with van der Waals surface area (Å²) in [5.41, 5.74) is -2.01. The maximum atomic E-state index is 12.0. The van der Waals surface area contributed by atoms with Crippen molar-refractivity contribution in [2.45, 2.75) is 24.4 Å². The van der Waals surface area contributed by atoms with E-state index >= 15 is 0 Å². The van der Waals surface area contributed by atoms with Gasteiger partial charge in [-0.05, 0) is 0 Å². The first-order valence-electron chi connectivity index (χ1n) is 5.51. The lowest BCUT2D eigenvalue weighted by Crippen LogP contribution is -2.46. The molecule has 1 aromatic rings. The Morgan fingerprint density at radius 3 is 2.14 bits per heavy atom. The van der Waals surface area contributed by atoms with Gasteiger partial charge in [0.2, 0.25) is 0 Å². The molecule has 4 unspecified atom stereocenters. The van der Waals surface area contributed by atoms with Crippen molar-refractivity contribution in [1.82, 2.24) is 15.9 Å². The monoisotopic (exact) mass is 327 g/mol. The van der Waals surface area contributed by atoms with Crippen molar-refractivity contribution in [1.29, 1.82) is 0 Å². The number of H-pyrrole nitrogens is 1. The Balaban J connectivity index is 0. The molecular formula is C10H18FN3O8. The van der Waals surface area contributed by atoms with Gasteiger partial charge in [0.05, 0.1) is 6.61 Å². The summed E-state index contributed by atoms with van der Waals surface area (Å²) in [7, 11) is 0. The molecule has 0 fully saturated rings. The molecule has 0 aromatic carbocycles. The van der Waals surface area contributed by atoms with Gasteiger partial charge in [-0.2, -0.15) is 0 Å². The van der Waals surface area contributed by atoms with Crippen LogP contribution >= 0.6 is 0 Å². The Morgan fingerprint density at radius 1 is 1.23 bits per heavy atom. The van der Waals surface area contributed by atoms with Gasteiger partial charge < -0.3 is 41.5 Å². The van der Waals surface area contributed by atoms with E-state index in [4.69, 9.17) is 25.5 Å². The van der Waals surface area contributed by atoms with Crippen molar-refractivity contribution < 1.29 is 34.8 Å². The fraction of sp³-hybridized carbons (Fsp3) is 0.500. The summed E-state index contributed by atoms with van der Waals surface area (Å²) in [5, 5.41) is 43.5. The van der Waals surface area contributed by atoms with Gasteiger partial charge in [0, 0.05) is 12.3 Å². The highest BCUT2D eigenvalue weighted by Gasteiger charge is 2.29. The number of hydrogen-bond acceptors (Lipinski definition) is 9. The summed E-state index contributed by atoms with van der Waals surface area (Å²) in [6.07, 6.45) is -5.76. The minimum atomic E-state index is -1.79. The van der Waals surface area contributed by atoms with Crippen LogP contribution in [-0.4, -0.2) is 72.6 Å². The summed E-state index contributed by atoms with van der Waals surface area (Å²) >= 11 is 0. The van der Waals surface area contributed by atoms with E-state index in [1.54, 1.807) is 0 Å². The topological polar surface area (TPSA) is 208 Å². The zero-order valence-electron chi connectivity index (χ0n) is 11.2. The molecule has 9 N–H and O–H groups in total. The molecule has 0 amide bonds. The summed E-state index contributed by atoms with van der Waals surface area (Å²) in [4.78, 5) is 31.7. The zero-order valence-corrected chi connectivity index (χ0v) is 11.2. The Morgan fingerprint density at radius 2 is 1.77 bits per heavy atom. The van der Waals surface area contributed by atoms with Gasteiger partial charge >= 0.3 is 5.69 Å². The Hall–Kier alpha value is -1.96. The molecule has 1 rings (SSSR count). The number of aliphatic hydroxyl groups excluding tert-OH is 5. The van der Waals surface area contributed by atoms with E-state index in [0.717, 1.165) is 12.3 Å². The number of aldehydes is 1. The molecule has 0 bridgehead atoms. The van der Waals surface area contributed by atoms with Crippen molar-refractivity contribution in [3.05, 3.63) is 33.1 Å². The van der Waals surface area contributed by atoms with E-state index < -0.39 is 47.1 Å². The lowest BCUT2D eigenvalue weighted by molar-refractivity contribution is -0.136. The van der Waals surface area contributed by atoms with Crippen molar-refractivity contribution >= 4 is 6.29 Å². The van der Waals surface area contributed by atoms with E-state index in [-0.39, 0.29) is 12.4 Å². The number of aromatic nitrogens is 2.